The van der Waals surface area contributed by atoms with Crippen molar-refractivity contribution in [2.75, 3.05) is 0 Å². The third-order valence-electron chi connectivity index (χ3n) is 6.87. The lowest BCUT2D eigenvalue weighted by atomic mass is 9.74. The van der Waals surface area contributed by atoms with Crippen LogP contribution < -0.4 is 0 Å². The van der Waals surface area contributed by atoms with Gasteiger partial charge in [-0.1, -0.05) is 24.3 Å². The standard InChI is InChI=1S/C30H24O9/c31-17-5-1-15(2-6-17)29-25(27(37)21-11-9-19(33)13-23(21)35)26(28(38)22-12-10-20(34)14-24(22)36)30(39-29)16-3-7-18(32)8-4-16/h1-14,25-26,29-36H/t25-,26-,29-,30-/m1/s1. The number of ketones is 2. The van der Waals surface area contributed by atoms with Gasteiger partial charge in [-0.05, 0) is 59.7 Å². The summed E-state index contributed by atoms with van der Waals surface area (Å²) in [6, 6.07) is 18.8. The molecular weight excluding hydrogens is 504 g/mol. The Morgan fingerprint density at radius 3 is 1.15 bits per heavy atom. The van der Waals surface area contributed by atoms with E-state index >= 15 is 0 Å². The first kappa shape index (κ1) is 25.6. The molecule has 0 amide bonds. The Kier molecular flexibility index (Phi) is 6.59. The van der Waals surface area contributed by atoms with E-state index in [1.54, 1.807) is 24.3 Å². The van der Waals surface area contributed by atoms with Crippen molar-refractivity contribution in [3.05, 3.63) is 107 Å². The number of Topliss-reactive ketones (excluding diaryl/α,β-unsaturated/α-hetero) is 2. The van der Waals surface area contributed by atoms with E-state index in [4.69, 9.17) is 4.74 Å². The molecule has 0 spiro atoms. The van der Waals surface area contributed by atoms with Crippen LogP contribution in [0.25, 0.3) is 0 Å². The summed E-state index contributed by atoms with van der Waals surface area (Å²) < 4.78 is 6.38. The van der Waals surface area contributed by atoms with Gasteiger partial charge in [-0.25, -0.2) is 0 Å². The second kappa shape index (κ2) is 10.0. The lowest BCUT2D eigenvalue weighted by Gasteiger charge is -2.23. The van der Waals surface area contributed by atoms with Crippen LogP contribution in [0.5, 0.6) is 34.5 Å². The van der Waals surface area contributed by atoms with Crippen molar-refractivity contribution in [3.63, 3.8) is 0 Å². The van der Waals surface area contributed by atoms with Crippen molar-refractivity contribution >= 4 is 11.6 Å². The number of aromatic hydroxyl groups is 6. The zero-order valence-electron chi connectivity index (χ0n) is 20.3. The van der Waals surface area contributed by atoms with Crippen molar-refractivity contribution in [3.8, 4) is 34.5 Å². The Labute approximate surface area is 222 Å². The Hall–Kier alpha value is -5.02. The largest absolute Gasteiger partial charge is 0.508 e. The van der Waals surface area contributed by atoms with Crippen molar-refractivity contribution in [2.24, 2.45) is 11.8 Å². The fourth-order valence-corrected chi connectivity index (χ4v) is 5.02. The third-order valence-corrected chi connectivity index (χ3v) is 6.87. The smallest absolute Gasteiger partial charge is 0.173 e. The van der Waals surface area contributed by atoms with Gasteiger partial charge in [0.25, 0.3) is 0 Å². The molecule has 1 fully saturated rings. The van der Waals surface area contributed by atoms with E-state index in [2.05, 4.69) is 0 Å². The summed E-state index contributed by atoms with van der Waals surface area (Å²) in [5.74, 6) is -5.30. The van der Waals surface area contributed by atoms with Crippen LogP contribution in [0.15, 0.2) is 84.9 Å². The van der Waals surface area contributed by atoms with Crippen LogP contribution in [-0.2, 0) is 4.74 Å². The first-order chi connectivity index (χ1) is 18.6. The molecule has 0 unspecified atom stereocenters. The highest BCUT2D eigenvalue weighted by Crippen LogP contribution is 2.53. The molecular formula is C30H24O9. The highest BCUT2D eigenvalue weighted by molar-refractivity contribution is 6.08. The topological polar surface area (TPSA) is 165 Å². The van der Waals surface area contributed by atoms with E-state index in [9.17, 15) is 40.2 Å². The molecule has 0 aromatic heterocycles. The van der Waals surface area contributed by atoms with Gasteiger partial charge in [-0.2, -0.15) is 0 Å². The molecule has 1 saturated heterocycles. The van der Waals surface area contributed by atoms with Crippen molar-refractivity contribution in [1.82, 2.24) is 0 Å². The number of carbonyl (C=O) groups excluding carboxylic acids is 2. The maximum Gasteiger partial charge on any atom is 0.173 e. The van der Waals surface area contributed by atoms with Gasteiger partial charge < -0.3 is 35.4 Å². The Morgan fingerprint density at radius 2 is 0.821 bits per heavy atom. The maximum atomic E-state index is 14.1. The van der Waals surface area contributed by atoms with Gasteiger partial charge in [0.2, 0.25) is 0 Å². The minimum Gasteiger partial charge on any atom is -0.508 e. The summed E-state index contributed by atoms with van der Waals surface area (Å²) in [6.07, 6.45) is -2.06. The van der Waals surface area contributed by atoms with Crippen LogP contribution in [0.4, 0.5) is 0 Å². The average molecular weight is 529 g/mol. The summed E-state index contributed by atoms with van der Waals surface area (Å²) in [4.78, 5) is 28.2. The molecule has 6 N–H and O–H groups in total. The molecule has 0 aliphatic carbocycles. The number of benzene rings is 4. The van der Waals surface area contributed by atoms with E-state index < -0.39 is 47.1 Å². The van der Waals surface area contributed by atoms with Gasteiger partial charge in [-0.3, -0.25) is 9.59 Å². The first-order valence-corrected chi connectivity index (χ1v) is 12.0. The lowest BCUT2D eigenvalue weighted by molar-refractivity contribution is 0.0266. The van der Waals surface area contributed by atoms with Crippen LogP contribution in [-0.4, -0.2) is 42.2 Å². The molecule has 1 aliphatic heterocycles. The second-order valence-electron chi connectivity index (χ2n) is 9.34. The van der Waals surface area contributed by atoms with Crippen molar-refractivity contribution < 1.29 is 45.0 Å². The molecule has 5 rings (SSSR count). The van der Waals surface area contributed by atoms with Gasteiger partial charge in [0.1, 0.15) is 34.5 Å². The van der Waals surface area contributed by atoms with Gasteiger partial charge in [-0.15, -0.1) is 0 Å². The molecule has 4 aromatic carbocycles. The van der Waals surface area contributed by atoms with Crippen molar-refractivity contribution in [1.29, 1.82) is 0 Å². The van der Waals surface area contributed by atoms with Crippen LogP contribution in [0.3, 0.4) is 0 Å². The van der Waals surface area contributed by atoms with E-state index in [0.717, 1.165) is 12.1 Å². The molecule has 0 radical (unpaired) electrons. The summed E-state index contributed by atoms with van der Waals surface area (Å²) >= 11 is 0. The van der Waals surface area contributed by atoms with E-state index in [-0.39, 0.29) is 34.1 Å². The summed E-state index contributed by atoms with van der Waals surface area (Å²) in [7, 11) is 0. The number of phenolic OH excluding ortho intramolecular Hbond substituents is 6. The van der Waals surface area contributed by atoms with Gasteiger partial charge in [0.05, 0.1) is 35.2 Å². The van der Waals surface area contributed by atoms with Crippen LogP contribution in [0.1, 0.15) is 44.1 Å². The number of rotatable bonds is 6. The minimum absolute atomic E-state index is 0.0208. The number of carbonyl (C=O) groups is 2. The molecule has 1 aliphatic rings. The van der Waals surface area contributed by atoms with E-state index in [1.165, 1.54) is 48.5 Å². The summed E-state index contributed by atoms with van der Waals surface area (Å²) in [5, 5.41) is 60.2. The Morgan fingerprint density at radius 1 is 0.487 bits per heavy atom. The number of hydrogen-bond donors (Lipinski definition) is 6. The molecule has 4 aromatic rings. The zero-order valence-corrected chi connectivity index (χ0v) is 20.3. The number of hydrogen-bond acceptors (Lipinski definition) is 9. The van der Waals surface area contributed by atoms with Crippen LogP contribution in [0.2, 0.25) is 0 Å². The Balaban J connectivity index is 1.71. The SMILES string of the molecule is O=C(c1ccc(O)cc1O)[C@H]1[C@H](C(=O)c2ccc(O)cc2O)[C@@H](c2ccc(O)cc2)O[C@@H]1c1ccc(O)cc1. The fourth-order valence-electron chi connectivity index (χ4n) is 5.02. The highest BCUT2D eigenvalue weighted by atomic mass is 16.5. The van der Waals surface area contributed by atoms with E-state index in [1.807, 2.05) is 0 Å². The van der Waals surface area contributed by atoms with Gasteiger partial charge in [0, 0.05) is 12.1 Å². The minimum atomic E-state index is -1.23. The predicted octanol–water partition coefficient (Wildman–Crippen LogP) is 4.73. The lowest BCUT2D eigenvalue weighted by Crippen LogP contribution is -2.31. The molecule has 9 heteroatoms. The highest BCUT2D eigenvalue weighted by Gasteiger charge is 2.53. The van der Waals surface area contributed by atoms with Crippen LogP contribution >= 0.6 is 0 Å². The molecule has 9 nitrogen and oxygen atoms in total. The summed E-state index contributed by atoms with van der Waals surface area (Å²) in [5.41, 5.74) is 0.644. The number of ether oxygens (including phenoxy) is 1. The fraction of sp³-hybridized carbons (Fsp3) is 0.133. The van der Waals surface area contributed by atoms with E-state index in [0.29, 0.717) is 11.1 Å². The maximum absolute atomic E-state index is 14.1. The van der Waals surface area contributed by atoms with Gasteiger partial charge in [0.15, 0.2) is 11.6 Å². The predicted molar refractivity (Wildman–Crippen MR) is 138 cm³/mol. The van der Waals surface area contributed by atoms with Crippen LogP contribution in [0, 0.1) is 11.8 Å². The molecule has 39 heavy (non-hydrogen) atoms. The quantitative estimate of drug-likeness (QED) is 0.194. The second-order valence-corrected chi connectivity index (χ2v) is 9.34. The third kappa shape index (κ3) is 4.83. The Bertz CT molecular complexity index is 1430. The average Bonchev–Trinajstić information content (AvgIpc) is 3.29. The van der Waals surface area contributed by atoms with Gasteiger partial charge >= 0.3 is 0 Å². The number of phenols is 6. The first-order valence-electron chi connectivity index (χ1n) is 12.0. The van der Waals surface area contributed by atoms with Crippen molar-refractivity contribution in [2.45, 2.75) is 12.2 Å². The normalized spacial score (nSPS) is 20.5. The molecule has 4 atom stereocenters. The molecule has 198 valence electrons. The summed E-state index contributed by atoms with van der Waals surface area (Å²) in [6.45, 7) is 0. The molecule has 0 bridgehead atoms. The zero-order chi connectivity index (χ0) is 27.8. The molecule has 1 heterocycles. The molecule has 0 saturated carbocycles. The monoisotopic (exact) mass is 528 g/mol.